The number of hydrogen-bond acceptors (Lipinski definition) is 8. The van der Waals surface area contributed by atoms with Crippen molar-refractivity contribution in [1.82, 2.24) is 20.4 Å². The molecule has 0 N–H and O–H groups in total. The fraction of sp³-hybridized carbons (Fsp3) is 0.467. The highest BCUT2D eigenvalue weighted by Crippen LogP contribution is 2.34. The van der Waals surface area contributed by atoms with Crippen molar-refractivity contribution in [3.63, 3.8) is 0 Å². The zero-order valence-corrected chi connectivity index (χ0v) is 16.0. The summed E-state index contributed by atoms with van der Waals surface area (Å²) in [7, 11) is 0. The van der Waals surface area contributed by atoms with E-state index in [1.54, 1.807) is 11.3 Å². The summed E-state index contributed by atoms with van der Waals surface area (Å²) in [6, 6.07) is 3.91. The summed E-state index contributed by atoms with van der Waals surface area (Å²) >= 11 is 6.42. The van der Waals surface area contributed by atoms with Crippen LogP contribution in [0.4, 0.5) is 0 Å². The van der Waals surface area contributed by atoms with Crippen LogP contribution in [0.1, 0.15) is 49.8 Å². The maximum atomic E-state index is 5.79. The Hall–Kier alpha value is -1.19. The minimum Gasteiger partial charge on any atom is -0.419 e. The third-order valence-corrected chi connectivity index (χ3v) is 6.36. The lowest BCUT2D eigenvalue weighted by molar-refractivity contribution is 0.334. The molecule has 0 aliphatic heterocycles. The Balaban J connectivity index is 1.37. The second kappa shape index (κ2) is 7.37. The molecule has 6 nitrogen and oxygen atoms in total. The minimum absolute atomic E-state index is 0.424. The monoisotopic (exact) mass is 426 g/mol. The van der Waals surface area contributed by atoms with Crippen LogP contribution in [0.25, 0.3) is 10.8 Å². The Morgan fingerprint density at radius 1 is 1.08 bits per heavy atom. The Morgan fingerprint density at radius 3 is 2.75 bits per heavy atom. The molecule has 0 spiro atoms. The Bertz CT molecular complexity index is 810. The molecular weight excluding hydrogens is 412 g/mol. The second-order valence-corrected chi connectivity index (χ2v) is 9.02. The van der Waals surface area contributed by atoms with Crippen molar-refractivity contribution in [1.29, 1.82) is 0 Å². The minimum atomic E-state index is 0.424. The number of rotatable bonds is 5. The number of nitrogens with zero attached hydrogens (tertiary/aromatic N) is 4. The summed E-state index contributed by atoms with van der Waals surface area (Å²) < 4.78 is 12.5. The highest BCUT2D eigenvalue weighted by molar-refractivity contribution is 9.11. The lowest BCUT2D eigenvalue weighted by atomic mass is 9.89. The predicted octanol–water partition coefficient (Wildman–Crippen LogP) is 5.28. The summed E-state index contributed by atoms with van der Waals surface area (Å²) in [5.74, 6) is 2.80. The standard InChI is InChI=1S/C15H15BrN4O2S2/c16-11-7-6-10(24-11)14-19-17-12(21-14)8-23-15-20-18-13(22-15)9-4-2-1-3-5-9/h6-7,9H,1-5,8H2. The van der Waals surface area contributed by atoms with Gasteiger partial charge in [0.25, 0.3) is 11.1 Å². The topological polar surface area (TPSA) is 77.8 Å². The van der Waals surface area contributed by atoms with Crippen molar-refractivity contribution in [3.05, 3.63) is 27.7 Å². The summed E-state index contributed by atoms with van der Waals surface area (Å²) in [6.07, 6.45) is 6.11. The molecule has 0 amide bonds. The zero-order chi connectivity index (χ0) is 16.4. The van der Waals surface area contributed by atoms with E-state index >= 15 is 0 Å². The van der Waals surface area contributed by atoms with Gasteiger partial charge in [0.2, 0.25) is 11.8 Å². The molecule has 1 aliphatic rings. The first-order valence-corrected chi connectivity index (χ1v) is 10.4. The fourth-order valence-corrected chi connectivity index (χ4v) is 4.67. The third-order valence-electron chi connectivity index (χ3n) is 3.95. The first-order chi connectivity index (χ1) is 11.8. The van der Waals surface area contributed by atoms with E-state index in [1.807, 2.05) is 12.1 Å². The van der Waals surface area contributed by atoms with Gasteiger partial charge in [0.1, 0.15) is 0 Å². The van der Waals surface area contributed by atoms with Crippen LogP contribution in [-0.4, -0.2) is 20.4 Å². The molecule has 126 valence electrons. The normalized spacial score (nSPS) is 15.9. The fourth-order valence-electron chi connectivity index (χ4n) is 2.76. The van der Waals surface area contributed by atoms with Gasteiger partial charge in [0, 0.05) is 5.92 Å². The molecule has 0 radical (unpaired) electrons. The van der Waals surface area contributed by atoms with Crippen LogP contribution in [0.15, 0.2) is 30.0 Å². The van der Waals surface area contributed by atoms with Crippen LogP contribution in [-0.2, 0) is 5.75 Å². The van der Waals surface area contributed by atoms with Gasteiger partial charge in [0.05, 0.1) is 14.4 Å². The molecular formula is C15H15BrN4O2S2. The quantitative estimate of drug-likeness (QED) is 0.513. The lowest BCUT2D eigenvalue weighted by Gasteiger charge is -2.17. The highest BCUT2D eigenvalue weighted by Gasteiger charge is 2.21. The van der Waals surface area contributed by atoms with Crippen LogP contribution >= 0.6 is 39.0 Å². The third kappa shape index (κ3) is 3.73. The Labute approximate surface area is 155 Å². The van der Waals surface area contributed by atoms with E-state index in [4.69, 9.17) is 8.83 Å². The van der Waals surface area contributed by atoms with Crippen molar-refractivity contribution in [2.75, 3.05) is 0 Å². The van der Waals surface area contributed by atoms with Gasteiger partial charge in [-0.25, -0.2) is 0 Å². The van der Waals surface area contributed by atoms with E-state index in [9.17, 15) is 0 Å². The summed E-state index contributed by atoms with van der Waals surface area (Å²) in [6.45, 7) is 0. The summed E-state index contributed by atoms with van der Waals surface area (Å²) in [5, 5.41) is 17.1. The Morgan fingerprint density at radius 2 is 1.96 bits per heavy atom. The second-order valence-electron chi connectivity index (χ2n) is 5.63. The molecule has 3 aromatic heterocycles. The molecule has 0 bridgehead atoms. The molecule has 4 rings (SSSR count). The van der Waals surface area contributed by atoms with Crippen LogP contribution in [0.5, 0.6) is 0 Å². The van der Waals surface area contributed by atoms with Crippen molar-refractivity contribution in [2.24, 2.45) is 0 Å². The molecule has 1 saturated carbocycles. The predicted molar refractivity (Wildman–Crippen MR) is 95.0 cm³/mol. The van der Waals surface area contributed by atoms with Crippen LogP contribution in [0.2, 0.25) is 0 Å². The molecule has 0 aromatic carbocycles. The van der Waals surface area contributed by atoms with Crippen molar-refractivity contribution in [2.45, 2.75) is 49.0 Å². The van der Waals surface area contributed by atoms with E-state index in [1.165, 1.54) is 31.0 Å². The SMILES string of the molecule is Brc1ccc(-c2nnc(CSc3nnc(C4CCCCC4)o3)o2)s1. The van der Waals surface area contributed by atoms with Gasteiger partial charge in [-0.2, -0.15) is 0 Å². The number of hydrogen-bond donors (Lipinski definition) is 0. The van der Waals surface area contributed by atoms with Crippen LogP contribution < -0.4 is 0 Å². The maximum Gasteiger partial charge on any atom is 0.277 e. The van der Waals surface area contributed by atoms with Gasteiger partial charge in [-0.15, -0.1) is 31.7 Å². The molecule has 0 unspecified atom stereocenters. The van der Waals surface area contributed by atoms with E-state index < -0.39 is 0 Å². The lowest BCUT2D eigenvalue weighted by Crippen LogP contribution is -2.04. The maximum absolute atomic E-state index is 5.79. The molecule has 0 atom stereocenters. The van der Waals surface area contributed by atoms with Gasteiger partial charge < -0.3 is 8.83 Å². The zero-order valence-electron chi connectivity index (χ0n) is 12.8. The molecule has 3 heterocycles. The smallest absolute Gasteiger partial charge is 0.277 e. The first-order valence-electron chi connectivity index (χ1n) is 7.82. The summed E-state index contributed by atoms with van der Waals surface area (Å²) in [4.78, 5) is 0.947. The molecule has 24 heavy (non-hydrogen) atoms. The van der Waals surface area contributed by atoms with Crippen molar-refractivity contribution >= 4 is 39.0 Å². The van der Waals surface area contributed by atoms with Crippen LogP contribution in [0, 0.1) is 0 Å². The average molecular weight is 427 g/mol. The number of aromatic nitrogens is 4. The molecule has 9 heteroatoms. The van der Waals surface area contributed by atoms with Gasteiger partial charge >= 0.3 is 0 Å². The first kappa shape index (κ1) is 16.3. The highest BCUT2D eigenvalue weighted by atomic mass is 79.9. The van der Waals surface area contributed by atoms with E-state index in [0.29, 0.717) is 28.7 Å². The van der Waals surface area contributed by atoms with Crippen molar-refractivity contribution in [3.8, 4) is 10.8 Å². The van der Waals surface area contributed by atoms with Crippen molar-refractivity contribution < 1.29 is 8.83 Å². The van der Waals surface area contributed by atoms with E-state index in [-0.39, 0.29) is 0 Å². The van der Waals surface area contributed by atoms with Gasteiger partial charge in [-0.3, -0.25) is 0 Å². The average Bonchev–Trinajstić information content (AvgIpc) is 3.34. The molecule has 1 aliphatic carbocycles. The Kier molecular flexibility index (Phi) is 5.00. The van der Waals surface area contributed by atoms with Gasteiger partial charge in [-0.1, -0.05) is 31.0 Å². The molecule has 3 aromatic rings. The molecule has 0 saturated heterocycles. The van der Waals surface area contributed by atoms with Gasteiger partial charge in [-0.05, 0) is 40.9 Å². The molecule has 1 fully saturated rings. The summed E-state index contributed by atoms with van der Waals surface area (Å²) in [5.41, 5.74) is 0. The van der Waals surface area contributed by atoms with E-state index in [0.717, 1.165) is 27.4 Å². The van der Waals surface area contributed by atoms with E-state index in [2.05, 4.69) is 36.3 Å². The number of thioether (sulfide) groups is 1. The number of thiophene rings is 1. The van der Waals surface area contributed by atoms with Gasteiger partial charge in [0.15, 0.2) is 0 Å². The van der Waals surface area contributed by atoms with Crippen LogP contribution in [0.3, 0.4) is 0 Å². The largest absolute Gasteiger partial charge is 0.419 e. The number of halogens is 1.